The molecular formula is C21H26N2O2. The number of aliphatic hydroxyl groups is 2. The summed E-state index contributed by atoms with van der Waals surface area (Å²) in [5, 5.41) is 22.9. The minimum Gasteiger partial charge on any atom is -0.393 e. The molecule has 132 valence electrons. The molecule has 2 N–H and O–H groups in total. The molecule has 0 saturated carbocycles. The van der Waals surface area contributed by atoms with Gasteiger partial charge in [-0.1, -0.05) is 36.4 Å². The lowest BCUT2D eigenvalue weighted by atomic mass is 10.0. The molecule has 3 aromatic rings. The van der Waals surface area contributed by atoms with Gasteiger partial charge >= 0.3 is 0 Å². The summed E-state index contributed by atoms with van der Waals surface area (Å²) in [5.74, 6) is 0.334. The summed E-state index contributed by atoms with van der Waals surface area (Å²) in [6.45, 7) is 4.94. The summed E-state index contributed by atoms with van der Waals surface area (Å²) in [7, 11) is 0. The van der Waals surface area contributed by atoms with Gasteiger partial charge in [-0.15, -0.1) is 0 Å². The Morgan fingerprint density at radius 2 is 1.56 bits per heavy atom. The molecule has 2 heterocycles. The number of aliphatic hydroxyl groups excluding tert-OH is 2. The van der Waals surface area contributed by atoms with Crippen LogP contribution in [0, 0.1) is 5.92 Å². The zero-order valence-corrected chi connectivity index (χ0v) is 14.7. The van der Waals surface area contributed by atoms with E-state index in [1.807, 2.05) is 6.92 Å². The van der Waals surface area contributed by atoms with E-state index in [2.05, 4.69) is 58.0 Å². The fraction of sp³-hybridized carbons (Fsp3) is 0.429. The normalized spacial score (nSPS) is 21.2. The van der Waals surface area contributed by atoms with Crippen LogP contribution in [-0.2, 0) is 6.54 Å². The third-order valence-corrected chi connectivity index (χ3v) is 5.53. The largest absolute Gasteiger partial charge is 0.393 e. The number of rotatable bonds is 5. The van der Waals surface area contributed by atoms with E-state index in [-0.39, 0.29) is 6.10 Å². The van der Waals surface area contributed by atoms with Gasteiger partial charge in [-0.05, 0) is 37.9 Å². The molecule has 3 atom stereocenters. The highest BCUT2D eigenvalue weighted by atomic mass is 16.3. The Kier molecular flexibility index (Phi) is 4.50. The van der Waals surface area contributed by atoms with Crippen LogP contribution in [0.25, 0.3) is 21.8 Å². The SMILES string of the molecule is CC(O)C1CCN(CC(O)Cn2c3ccccc3c3ccccc32)C1. The minimum atomic E-state index is -0.424. The summed E-state index contributed by atoms with van der Waals surface area (Å²) < 4.78 is 2.23. The lowest BCUT2D eigenvalue weighted by Gasteiger charge is -2.22. The number of nitrogens with zero attached hydrogens (tertiary/aromatic N) is 2. The number of hydrogen-bond donors (Lipinski definition) is 2. The highest BCUT2D eigenvalue weighted by molar-refractivity contribution is 6.07. The lowest BCUT2D eigenvalue weighted by Crippen LogP contribution is -2.34. The maximum Gasteiger partial charge on any atom is 0.0845 e. The quantitative estimate of drug-likeness (QED) is 0.752. The molecule has 0 aliphatic carbocycles. The molecule has 0 radical (unpaired) electrons. The molecule has 4 nitrogen and oxygen atoms in total. The van der Waals surface area contributed by atoms with Gasteiger partial charge in [0.25, 0.3) is 0 Å². The number of likely N-dealkylation sites (tertiary alicyclic amines) is 1. The molecule has 2 aromatic carbocycles. The number of para-hydroxylation sites is 2. The van der Waals surface area contributed by atoms with E-state index in [0.29, 0.717) is 19.0 Å². The van der Waals surface area contributed by atoms with Crippen molar-refractivity contribution in [3.63, 3.8) is 0 Å². The first-order valence-corrected chi connectivity index (χ1v) is 9.18. The van der Waals surface area contributed by atoms with Gasteiger partial charge in [0.05, 0.1) is 18.8 Å². The van der Waals surface area contributed by atoms with E-state index in [1.165, 1.54) is 21.8 Å². The second-order valence-corrected chi connectivity index (χ2v) is 7.35. The Morgan fingerprint density at radius 1 is 0.960 bits per heavy atom. The summed E-state index contributed by atoms with van der Waals surface area (Å²) in [5.41, 5.74) is 2.34. The monoisotopic (exact) mass is 338 g/mol. The van der Waals surface area contributed by atoms with Crippen molar-refractivity contribution in [1.82, 2.24) is 9.47 Å². The van der Waals surface area contributed by atoms with Crippen molar-refractivity contribution in [2.24, 2.45) is 5.92 Å². The topological polar surface area (TPSA) is 48.6 Å². The molecule has 1 aromatic heterocycles. The van der Waals surface area contributed by atoms with E-state index in [0.717, 1.165) is 19.5 Å². The zero-order valence-electron chi connectivity index (χ0n) is 14.7. The van der Waals surface area contributed by atoms with E-state index in [9.17, 15) is 10.2 Å². The second-order valence-electron chi connectivity index (χ2n) is 7.35. The summed E-state index contributed by atoms with van der Waals surface area (Å²) in [4.78, 5) is 2.27. The molecule has 3 unspecified atom stereocenters. The van der Waals surface area contributed by atoms with E-state index in [4.69, 9.17) is 0 Å². The Bertz CT molecular complexity index is 817. The van der Waals surface area contributed by atoms with E-state index < -0.39 is 6.10 Å². The molecule has 25 heavy (non-hydrogen) atoms. The van der Waals surface area contributed by atoms with Crippen LogP contribution < -0.4 is 0 Å². The summed E-state index contributed by atoms with van der Waals surface area (Å²) >= 11 is 0. The first-order valence-electron chi connectivity index (χ1n) is 9.18. The Morgan fingerprint density at radius 3 is 2.12 bits per heavy atom. The van der Waals surface area contributed by atoms with Crippen molar-refractivity contribution in [2.45, 2.75) is 32.1 Å². The van der Waals surface area contributed by atoms with Crippen molar-refractivity contribution in [3.05, 3.63) is 48.5 Å². The molecule has 1 aliphatic rings. The van der Waals surface area contributed by atoms with Gasteiger partial charge in [-0.2, -0.15) is 0 Å². The van der Waals surface area contributed by atoms with Crippen LogP contribution in [0.5, 0.6) is 0 Å². The van der Waals surface area contributed by atoms with Gasteiger partial charge in [0.15, 0.2) is 0 Å². The number of benzene rings is 2. The average molecular weight is 338 g/mol. The predicted molar refractivity (Wildman–Crippen MR) is 102 cm³/mol. The first-order chi connectivity index (χ1) is 12.1. The van der Waals surface area contributed by atoms with Gasteiger partial charge in [0, 0.05) is 34.9 Å². The highest BCUT2D eigenvalue weighted by Gasteiger charge is 2.27. The summed E-state index contributed by atoms with van der Waals surface area (Å²) in [6, 6.07) is 16.8. The zero-order chi connectivity index (χ0) is 17.4. The second kappa shape index (κ2) is 6.79. The van der Waals surface area contributed by atoms with Crippen LogP contribution in [0.15, 0.2) is 48.5 Å². The molecule has 1 saturated heterocycles. The lowest BCUT2D eigenvalue weighted by molar-refractivity contribution is 0.0962. The van der Waals surface area contributed by atoms with Crippen molar-refractivity contribution >= 4 is 21.8 Å². The van der Waals surface area contributed by atoms with Crippen LogP contribution in [0.4, 0.5) is 0 Å². The molecule has 0 bridgehead atoms. The average Bonchev–Trinajstić information content (AvgIpc) is 3.19. The predicted octanol–water partition coefficient (Wildman–Crippen LogP) is 2.86. The molecule has 0 spiro atoms. The third kappa shape index (κ3) is 3.17. The number of β-amino-alcohol motifs (C(OH)–C–C–N with tert-alkyl or cyclic N) is 1. The standard InChI is InChI=1S/C21H26N2O2/c1-15(24)16-10-11-22(12-16)13-17(25)14-23-20-8-4-2-6-18(20)19-7-3-5-9-21(19)23/h2-9,15-17,24-25H,10-14H2,1H3. The van der Waals surface area contributed by atoms with Crippen LogP contribution in [0.3, 0.4) is 0 Å². The number of aromatic nitrogens is 1. The fourth-order valence-electron chi connectivity index (χ4n) is 4.19. The van der Waals surface area contributed by atoms with Gasteiger partial charge in [0.1, 0.15) is 0 Å². The van der Waals surface area contributed by atoms with Crippen LogP contribution >= 0.6 is 0 Å². The Labute approximate surface area is 148 Å². The maximum absolute atomic E-state index is 10.7. The van der Waals surface area contributed by atoms with Gasteiger partial charge < -0.3 is 19.7 Å². The molecule has 4 rings (SSSR count). The fourth-order valence-corrected chi connectivity index (χ4v) is 4.19. The minimum absolute atomic E-state index is 0.264. The van der Waals surface area contributed by atoms with Crippen LogP contribution in [0.2, 0.25) is 0 Å². The van der Waals surface area contributed by atoms with Crippen molar-refractivity contribution in [3.8, 4) is 0 Å². The first kappa shape index (κ1) is 16.6. The number of hydrogen-bond acceptors (Lipinski definition) is 3. The van der Waals surface area contributed by atoms with Gasteiger partial charge in [-0.3, -0.25) is 0 Å². The molecule has 0 amide bonds. The molecule has 1 fully saturated rings. The van der Waals surface area contributed by atoms with Gasteiger partial charge in [-0.25, -0.2) is 0 Å². The smallest absolute Gasteiger partial charge is 0.0845 e. The van der Waals surface area contributed by atoms with Crippen molar-refractivity contribution in [2.75, 3.05) is 19.6 Å². The van der Waals surface area contributed by atoms with Crippen LogP contribution in [0.1, 0.15) is 13.3 Å². The maximum atomic E-state index is 10.7. The van der Waals surface area contributed by atoms with Crippen molar-refractivity contribution in [1.29, 1.82) is 0 Å². The number of fused-ring (bicyclic) bond motifs is 3. The molecular weight excluding hydrogens is 312 g/mol. The highest BCUT2D eigenvalue weighted by Crippen LogP contribution is 2.29. The molecule has 1 aliphatic heterocycles. The Balaban J connectivity index is 1.56. The Hall–Kier alpha value is -1.88. The van der Waals surface area contributed by atoms with E-state index >= 15 is 0 Å². The van der Waals surface area contributed by atoms with Crippen molar-refractivity contribution < 1.29 is 10.2 Å². The third-order valence-electron chi connectivity index (χ3n) is 5.53. The summed E-state index contributed by atoms with van der Waals surface area (Å²) in [6.07, 6.45) is 0.325. The van der Waals surface area contributed by atoms with E-state index in [1.54, 1.807) is 0 Å². The molecule has 4 heteroatoms. The van der Waals surface area contributed by atoms with Gasteiger partial charge in [0.2, 0.25) is 0 Å². The van der Waals surface area contributed by atoms with Crippen LogP contribution in [-0.4, -0.2) is 51.5 Å².